The molecular weight excluding hydrogens is 438 g/mol. The summed E-state index contributed by atoms with van der Waals surface area (Å²) in [6.07, 6.45) is 6.50. The number of hydrogen-bond acceptors (Lipinski definition) is 4. The van der Waals surface area contributed by atoms with Crippen molar-refractivity contribution in [2.24, 2.45) is 0 Å². The van der Waals surface area contributed by atoms with E-state index in [1.165, 1.54) is 7.11 Å². The lowest BCUT2D eigenvalue weighted by atomic mass is 9.76. The Hall–Kier alpha value is -4.38. The van der Waals surface area contributed by atoms with Gasteiger partial charge in [0.25, 0.3) is 5.91 Å². The van der Waals surface area contributed by atoms with Crippen LogP contribution < -0.4 is 4.74 Å². The number of hydrogen-bond donors (Lipinski definition) is 0. The predicted octanol–water partition coefficient (Wildman–Crippen LogP) is 6.53. The Bertz CT molecular complexity index is 1320. The summed E-state index contributed by atoms with van der Waals surface area (Å²) in [5.74, 6) is 0.266. The summed E-state index contributed by atoms with van der Waals surface area (Å²) < 4.78 is 9.80. The fourth-order valence-electron chi connectivity index (χ4n) is 4.58. The van der Waals surface area contributed by atoms with Crippen LogP contribution >= 0.6 is 0 Å². The van der Waals surface area contributed by atoms with Crippen LogP contribution in [-0.2, 0) is 10.3 Å². The second-order valence-electron chi connectivity index (χ2n) is 8.27. The molecule has 0 bridgehead atoms. The molecule has 5 heteroatoms. The second-order valence-corrected chi connectivity index (χ2v) is 8.27. The first kappa shape index (κ1) is 23.8. The summed E-state index contributed by atoms with van der Waals surface area (Å²) in [5.41, 5.74) is 4.31. The average molecular weight is 466 g/mol. The number of rotatable bonds is 6. The van der Waals surface area contributed by atoms with Gasteiger partial charge in [0.1, 0.15) is 11.3 Å². The van der Waals surface area contributed by atoms with Crippen molar-refractivity contribution in [2.75, 3.05) is 7.11 Å². The molecule has 3 aromatic carbocycles. The molecule has 0 saturated heterocycles. The van der Waals surface area contributed by atoms with E-state index in [-0.39, 0.29) is 5.91 Å². The number of carbonyl (C=O) groups excluding carboxylic acids is 2. The first-order valence-corrected chi connectivity index (χ1v) is 11.3. The maximum Gasteiger partial charge on any atom is 0.513 e. The highest BCUT2D eigenvalue weighted by molar-refractivity contribution is 6.02. The molecule has 1 aliphatic rings. The summed E-state index contributed by atoms with van der Waals surface area (Å²) in [4.78, 5) is 27.3. The van der Waals surface area contributed by atoms with Gasteiger partial charge in [-0.1, -0.05) is 85.0 Å². The molecule has 1 aliphatic heterocycles. The third kappa shape index (κ3) is 4.17. The lowest BCUT2D eigenvalue weighted by Crippen LogP contribution is -2.44. The Balaban J connectivity index is 2.01. The number of carbonyl (C=O) groups is 2. The lowest BCUT2D eigenvalue weighted by Gasteiger charge is -2.41. The van der Waals surface area contributed by atoms with Gasteiger partial charge >= 0.3 is 6.16 Å². The molecule has 3 aromatic rings. The number of methoxy groups -OCH3 is 1. The van der Waals surface area contributed by atoms with E-state index in [0.717, 1.165) is 28.0 Å². The molecule has 0 fully saturated rings. The molecule has 0 spiro atoms. The molecule has 0 radical (unpaired) electrons. The monoisotopic (exact) mass is 465 g/mol. The zero-order valence-electron chi connectivity index (χ0n) is 20.0. The van der Waals surface area contributed by atoms with Crippen LogP contribution in [0.2, 0.25) is 0 Å². The Morgan fingerprint density at radius 1 is 0.943 bits per heavy atom. The third-order valence-corrected chi connectivity index (χ3v) is 6.13. The zero-order chi connectivity index (χ0) is 25.0. The molecule has 0 saturated carbocycles. The standard InChI is InChI=1S/C30H27NO4/c1-5-6-7-10-22(3)31-28(32)26-11-8-9-12-27(26)30(31,23-15-13-21(2)14-16-23)24-17-19-25(20-18-24)35-29(33)34-4/h5-20H,1H2,2-4H3/b7-6-,22-10+. The first-order chi connectivity index (χ1) is 16.9. The highest BCUT2D eigenvalue weighted by Crippen LogP contribution is 2.51. The number of allylic oxidation sites excluding steroid dienone is 5. The molecule has 35 heavy (non-hydrogen) atoms. The largest absolute Gasteiger partial charge is 0.513 e. The molecule has 0 aliphatic carbocycles. The van der Waals surface area contributed by atoms with Crippen molar-refractivity contribution in [2.45, 2.75) is 19.4 Å². The molecule has 5 nitrogen and oxygen atoms in total. The molecular formula is C30H27NO4. The molecule has 0 N–H and O–H groups in total. The van der Waals surface area contributed by atoms with Crippen LogP contribution in [-0.4, -0.2) is 24.1 Å². The van der Waals surface area contributed by atoms with E-state index >= 15 is 0 Å². The summed E-state index contributed by atoms with van der Waals surface area (Å²) in [5, 5.41) is 0. The molecule has 4 rings (SSSR count). The van der Waals surface area contributed by atoms with Gasteiger partial charge in [0, 0.05) is 11.3 Å². The summed E-state index contributed by atoms with van der Waals surface area (Å²) in [6, 6.07) is 23.1. The van der Waals surface area contributed by atoms with Crippen LogP contribution in [0, 0.1) is 6.92 Å². The SMILES string of the molecule is C=C/C=C\C=C(/C)N1C(=O)c2ccccc2C1(c1ccc(C)cc1)c1ccc(OC(=O)OC)cc1. The minimum atomic E-state index is -0.923. The van der Waals surface area contributed by atoms with E-state index in [4.69, 9.17) is 4.74 Å². The first-order valence-electron chi connectivity index (χ1n) is 11.3. The molecule has 0 aromatic heterocycles. The highest BCUT2D eigenvalue weighted by atomic mass is 16.7. The van der Waals surface area contributed by atoms with Crippen LogP contribution in [0.25, 0.3) is 0 Å². The van der Waals surface area contributed by atoms with Crippen molar-refractivity contribution in [1.29, 1.82) is 0 Å². The fraction of sp³-hybridized carbons (Fsp3) is 0.133. The molecule has 176 valence electrons. The van der Waals surface area contributed by atoms with Gasteiger partial charge < -0.3 is 9.47 Å². The smallest absolute Gasteiger partial charge is 0.437 e. The number of amides is 1. The topological polar surface area (TPSA) is 55.8 Å². The lowest BCUT2D eigenvalue weighted by molar-refractivity contribution is 0.0752. The van der Waals surface area contributed by atoms with E-state index in [2.05, 4.69) is 23.4 Å². The summed E-state index contributed by atoms with van der Waals surface area (Å²) in [7, 11) is 1.26. The van der Waals surface area contributed by atoms with Gasteiger partial charge in [-0.3, -0.25) is 9.69 Å². The number of aryl methyl sites for hydroxylation is 1. The van der Waals surface area contributed by atoms with Crippen LogP contribution in [0.1, 0.15) is 39.5 Å². The number of nitrogens with zero attached hydrogens (tertiary/aromatic N) is 1. The van der Waals surface area contributed by atoms with E-state index in [1.54, 1.807) is 18.2 Å². The molecule has 1 amide bonds. The predicted molar refractivity (Wildman–Crippen MR) is 136 cm³/mol. The quantitative estimate of drug-likeness (QED) is 0.236. The van der Waals surface area contributed by atoms with Crippen molar-refractivity contribution in [3.63, 3.8) is 0 Å². The van der Waals surface area contributed by atoms with Gasteiger partial charge in [0.05, 0.1) is 7.11 Å². The number of benzene rings is 3. The van der Waals surface area contributed by atoms with Crippen LogP contribution in [0.15, 0.2) is 109 Å². The normalized spacial score (nSPS) is 17.4. The van der Waals surface area contributed by atoms with Crippen molar-refractivity contribution in [3.05, 3.63) is 137 Å². The van der Waals surface area contributed by atoms with Gasteiger partial charge in [0.15, 0.2) is 0 Å². The van der Waals surface area contributed by atoms with Crippen molar-refractivity contribution in [3.8, 4) is 5.75 Å². The molecule has 1 heterocycles. The van der Waals surface area contributed by atoms with Crippen molar-refractivity contribution < 1.29 is 19.1 Å². The van der Waals surface area contributed by atoms with Gasteiger partial charge in [-0.25, -0.2) is 4.79 Å². The average Bonchev–Trinajstić information content (AvgIpc) is 3.14. The van der Waals surface area contributed by atoms with Gasteiger partial charge in [-0.2, -0.15) is 0 Å². The summed E-state index contributed by atoms with van der Waals surface area (Å²) in [6.45, 7) is 7.69. The highest BCUT2D eigenvalue weighted by Gasteiger charge is 2.52. The Morgan fingerprint density at radius 3 is 2.20 bits per heavy atom. The Kier molecular flexibility index (Phi) is 6.69. The Morgan fingerprint density at radius 2 is 1.57 bits per heavy atom. The van der Waals surface area contributed by atoms with Crippen LogP contribution in [0.4, 0.5) is 4.79 Å². The van der Waals surface area contributed by atoms with E-state index in [0.29, 0.717) is 11.3 Å². The zero-order valence-corrected chi connectivity index (χ0v) is 20.0. The molecule has 1 atom stereocenters. The van der Waals surface area contributed by atoms with E-state index in [9.17, 15) is 9.59 Å². The van der Waals surface area contributed by atoms with E-state index < -0.39 is 11.7 Å². The summed E-state index contributed by atoms with van der Waals surface area (Å²) >= 11 is 0. The van der Waals surface area contributed by atoms with Gasteiger partial charge in [-0.05, 0) is 54.8 Å². The molecule has 1 unspecified atom stereocenters. The number of ether oxygens (including phenoxy) is 2. The Labute approximate surface area is 205 Å². The van der Waals surface area contributed by atoms with Crippen molar-refractivity contribution in [1.82, 2.24) is 4.90 Å². The minimum Gasteiger partial charge on any atom is -0.437 e. The maximum atomic E-state index is 13.9. The third-order valence-electron chi connectivity index (χ3n) is 6.13. The minimum absolute atomic E-state index is 0.0863. The van der Waals surface area contributed by atoms with Crippen LogP contribution in [0.5, 0.6) is 5.75 Å². The van der Waals surface area contributed by atoms with Crippen molar-refractivity contribution >= 4 is 12.1 Å². The van der Waals surface area contributed by atoms with Gasteiger partial charge in [-0.15, -0.1) is 0 Å². The van der Waals surface area contributed by atoms with E-state index in [1.807, 2.05) is 85.5 Å². The van der Waals surface area contributed by atoms with Gasteiger partial charge in [0.2, 0.25) is 0 Å². The second kappa shape index (κ2) is 9.85. The van der Waals surface area contributed by atoms with Crippen LogP contribution in [0.3, 0.4) is 0 Å². The maximum absolute atomic E-state index is 13.9. The fourth-order valence-corrected chi connectivity index (χ4v) is 4.58. The number of fused-ring (bicyclic) bond motifs is 1.